The maximum atomic E-state index is 12.5. The average Bonchev–Trinajstić information content (AvgIpc) is 2.66. The summed E-state index contributed by atoms with van der Waals surface area (Å²) in [4.78, 5) is 34.5. The van der Waals surface area contributed by atoms with E-state index in [0.29, 0.717) is 11.7 Å². The number of nitrogens with one attached hydrogen (secondary N) is 2. The standard InChI is InChI=1S/C21H28N4O3S/c1-14-9-15(2)11-16(10-14)22-19(26)13-29-21-23-18-5-7-25(6-4-8-28-3)12-17(18)20(27)24-21/h9-11H,4-8,12-13H2,1-3H3,(H,22,26)(H,23,24,27). The van der Waals surface area contributed by atoms with Crippen molar-refractivity contribution in [2.75, 3.05) is 37.9 Å². The second-order valence-corrected chi connectivity index (χ2v) is 8.35. The molecule has 0 bridgehead atoms. The predicted molar refractivity (Wildman–Crippen MR) is 116 cm³/mol. The number of methoxy groups -OCH3 is 1. The van der Waals surface area contributed by atoms with Crippen LogP contribution >= 0.6 is 11.8 Å². The fraction of sp³-hybridized carbons (Fsp3) is 0.476. The molecule has 0 radical (unpaired) electrons. The molecule has 0 unspecified atom stereocenters. The molecule has 0 saturated heterocycles. The zero-order chi connectivity index (χ0) is 20.8. The van der Waals surface area contributed by atoms with Crippen LogP contribution < -0.4 is 10.9 Å². The van der Waals surface area contributed by atoms with Crippen molar-refractivity contribution in [2.24, 2.45) is 0 Å². The van der Waals surface area contributed by atoms with Crippen molar-refractivity contribution in [1.29, 1.82) is 0 Å². The fourth-order valence-corrected chi connectivity index (χ4v) is 4.21. The number of thioether (sulfide) groups is 1. The number of rotatable bonds is 8. The molecule has 7 nitrogen and oxygen atoms in total. The van der Waals surface area contributed by atoms with Gasteiger partial charge in [-0.1, -0.05) is 17.8 Å². The summed E-state index contributed by atoms with van der Waals surface area (Å²) in [5, 5.41) is 3.40. The van der Waals surface area contributed by atoms with Crippen LogP contribution in [0.3, 0.4) is 0 Å². The number of nitrogens with zero attached hydrogens (tertiary/aromatic N) is 2. The van der Waals surface area contributed by atoms with Crippen molar-refractivity contribution in [3.8, 4) is 0 Å². The van der Waals surface area contributed by atoms with Crippen LogP contribution in [-0.2, 0) is 22.5 Å². The van der Waals surface area contributed by atoms with Gasteiger partial charge in [0.15, 0.2) is 5.16 Å². The number of benzene rings is 1. The summed E-state index contributed by atoms with van der Waals surface area (Å²) >= 11 is 1.25. The third-order valence-corrected chi connectivity index (χ3v) is 5.67. The van der Waals surface area contributed by atoms with Gasteiger partial charge in [0.25, 0.3) is 5.56 Å². The number of amides is 1. The number of hydrogen-bond donors (Lipinski definition) is 2. The van der Waals surface area contributed by atoms with Crippen molar-refractivity contribution < 1.29 is 9.53 Å². The summed E-state index contributed by atoms with van der Waals surface area (Å²) in [6.45, 7) is 7.11. The highest BCUT2D eigenvalue weighted by atomic mass is 32.2. The highest BCUT2D eigenvalue weighted by molar-refractivity contribution is 7.99. The van der Waals surface area contributed by atoms with Crippen molar-refractivity contribution in [1.82, 2.24) is 14.9 Å². The highest BCUT2D eigenvalue weighted by Crippen LogP contribution is 2.19. The maximum absolute atomic E-state index is 12.5. The van der Waals surface area contributed by atoms with E-state index in [1.165, 1.54) is 11.8 Å². The Balaban J connectivity index is 1.58. The summed E-state index contributed by atoms with van der Waals surface area (Å²) in [5.74, 6) is 0.0717. The SMILES string of the molecule is COCCCN1CCc2nc(SCC(=O)Nc3cc(C)cc(C)c3)[nH]c(=O)c2C1. The largest absolute Gasteiger partial charge is 0.385 e. The van der Waals surface area contributed by atoms with Gasteiger partial charge in [0, 0.05) is 45.5 Å². The number of aryl methyl sites for hydroxylation is 2. The molecule has 1 aromatic heterocycles. The quantitative estimate of drug-likeness (QED) is 0.391. The third-order valence-electron chi connectivity index (χ3n) is 4.79. The second kappa shape index (κ2) is 10.0. The van der Waals surface area contributed by atoms with Gasteiger partial charge in [0.1, 0.15) is 0 Å². The third kappa shape index (κ3) is 6.16. The average molecular weight is 417 g/mol. The van der Waals surface area contributed by atoms with E-state index in [2.05, 4.69) is 26.3 Å². The van der Waals surface area contributed by atoms with Crippen LogP contribution in [0.4, 0.5) is 5.69 Å². The van der Waals surface area contributed by atoms with Crippen molar-refractivity contribution >= 4 is 23.4 Å². The molecule has 2 heterocycles. The van der Waals surface area contributed by atoms with Gasteiger partial charge in [-0.2, -0.15) is 0 Å². The van der Waals surface area contributed by atoms with E-state index in [9.17, 15) is 9.59 Å². The Bertz CT molecular complexity index is 908. The molecule has 3 rings (SSSR count). The molecule has 0 atom stereocenters. The predicted octanol–water partition coefficient (Wildman–Crippen LogP) is 2.51. The van der Waals surface area contributed by atoms with Gasteiger partial charge in [-0.3, -0.25) is 14.5 Å². The monoisotopic (exact) mass is 416 g/mol. The molecule has 8 heteroatoms. The number of ether oxygens (including phenoxy) is 1. The summed E-state index contributed by atoms with van der Waals surface area (Å²) < 4.78 is 5.09. The van der Waals surface area contributed by atoms with E-state index in [0.717, 1.165) is 60.6 Å². The topological polar surface area (TPSA) is 87.3 Å². The minimum atomic E-state index is -0.121. The molecular weight excluding hydrogens is 388 g/mol. The van der Waals surface area contributed by atoms with E-state index >= 15 is 0 Å². The van der Waals surface area contributed by atoms with Crippen LogP contribution in [-0.4, -0.2) is 53.3 Å². The summed E-state index contributed by atoms with van der Waals surface area (Å²) in [6, 6.07) is 5.94. The zero-order valence-corrected chi connectivity index (χ0v) is 18.0. The molecule has 156 valence electrons. The second-order valence-electron chi connectivity index (χ2n) is 7.38. The lowest BCUT2D eigenvalue weighted by atomic mass is 10.1. The van der Waals surface area contributed by atoms with Crippen molar-refractivity contribution in [3.05, 3.63) is 50.9 Å². The van der Waals surface area contributed by atoms with Gasteiger partial charge in [-0.15, -0.1) is 0 Å². The number of fused-ring (bicyclic) bond motifs is 1. The molecule has 0 fully saturated rings. The van der Waals surface area contributed by atoms with Gasteiger partial charge < -0.3 is 15.0 Å². The lowest BCUT2D eigenvalue weighted by Crippen LogP contribution is -2.36. The molecule has 2 N–H and O–H groups in total. The van der Waals surface area contributed by atoms with E-state index in [-0.39, 0.29) is 17.2 Å². The first-order chi connectivity index (χ1) is 13.9. The van der Waals surface area contributed by atoms with Crippen LogP contribution in [0.1, 0.15) is 28.8 Å². The summed E-state index contributed by atoms with van der Waals surface area (Å²) in [6.07, 6.45) is 1.69. The van der Waals surface area contributed by atoms with E-state index in [1.54, 1.807) is 7.11 Å². The molecule has 1 amide bonds. The first-order valence-corrected chi connectivity index (χ1v) is 10.8. The Morgan fingerprint density at radius 3 is 2.79 bits per heavy atom. The minimum absolute atomic E-state index is 0.108. The number of hydrogen-bond acceptors (Lipinski definition) is 6. The molecule has 0 saturated carbocycles. The first kappa shape index (κ1) is 21.5. The van der Waals surface area contributed by atoms with Gasteiger partial charge in [-0.05, 0) is 43.5 Å². The smallest absolute Gasteiger partial charge is 0.256 e. The highest BCUT2D eigenvalue weighted by Gasteiger charge is 2.21. The van der Waals surface area contributed by atoms with Gasteiger partial charge in [0.05, 0.1) is 17.0 Å². The number of aromatic nitrogens is 2. The Kier molecular flexibility index (Phi) is 7.46. The Morgan fingerprint density at radius 2 is 2.07 bits per heavy atom. The Labute approximate surface area is 175 Å². The number of anilines is 1. The maximum Gasteiger partial charge on any atom is 0.256 e. The van der Waals surface area contributed by atoms with Crippen molar-refractivity contribution in [2.45, 2.75) is 38.4 Å². The molecule has 1 aliphatic heterocycles. The summed E-state index contributed by atoms with van der Waals surface area (Å²) in [5.41, 5.74) is 4.46. The fourth-order valence-electron chi connectivity index (χ4n) is 3.53. The molecular formula is C21H28N4O3S. The molecule has 1 aromatic carbocycles. The number of H-pyrrole nitrogens is 1. The number of carbonyl (C=O) groups excluding carboxylic acids is 1. The molecule has 0 spiro atoms. The Morgan fingerprint density at radius 1 is 1.31 bits per heavy atom. The molecule has 1 aliphatic rings. The van der Waals surface area contributed by atoms with Crippen LogP contribution in [0.5, 0.6) is 0 Å². The Hall–Kier alpha value is -2.16. The normalized spacial score (nSPS) is 13.9. The lowest BCUT2D eigenvalue weighted by molar-refractivity contribution is -0.113. The lowest BCUT2D eigenvalue weighted by Gasteiger charge is -2.27. The molecule has 29 heavy (non-hydrogen) atoms. The minimum Gasteiger partial charge on any atom is -0.385 e. The number of aromatic amines is 1. The zero-order valence-electron chi connectivity index (χ0n) is 17.2. The van der Waals surface area contributed by atoms with Crippen LogP contribution in [0, 0.1) is 13.8 Å². The number of carbonyl (C=O) groups is 1. The van der Waals surface area contributed by atoms with Crippen LogP contribution in [0.15, 0.2) is 28.2 Å². The van der Waals surface area contributed by atoms with E-state index in [4.69, 9.17) is 4.74 Å². The van der Waals surface area contributed by atoms with Gasteiger partial charge in [-0.25, -0.2) is 4.98 Å². The first-order valence-electron chi connectivity index (χ1n) is 9.79. The van der Waals surface area contributed by atoms with Crippen LogP contribution in [0.2, 0.25) is 0 Å². The van der Waals surface area contributed by atoms with Crippen LogP contribution in [0.25, 0.3) is 0 Å². The van der Waals surface area contributed by atoms with E-state index in [1.807, 2.05) is 26.0 Å². The van der Waals surface area contributed by atoms with Crippen molar-refractivity contribution in [3.63, 3.8) is 0 Å². The molecule has 2 aromatic rings. The van der Waals surface area contributed by atoms with Gasteiger partial charge in [0.2, 0.25) is 5.91 Å². The summed E-state index contributed by atoms with van der Waals surface area (Å²) in [7, 11) is 1.70. The van der Waals surface area contributed by atoms with E-state index < -0.39 is 0 Å². The molecule has 0 aliphatic carbocycles. The van der Waals surface area contributed by atoms with Gasteiger partial charge >= 0.3 is 0 Å².